The summed E-state index contributed by atoms with van der Waals surface area (Å²) < 4.78 is 27.2. The number of benzene rings is 2. The number of rotatable bonds is 4. The largest absolute Gasteiger partial charge is 0.478 e. The highest BCUT2D eigenvalue weighted by molar-refractivity contribution is 7.89. The number of carbonyl (C=O) groups is 1. The minimum atomic E-state index is -3.87. The Kier molecular flexibility index (Phi) is 4.69. The second-order valence-corrected chi connectivity index (χ2v) is 8.13. The number of sulfonamides is 1. The molecule has 1 N–H and O–H groups in total. The van der Waals surface area contributed by atoms with Gasteiger partial charge in [0, 0.05) is 11.6 Å². The van der Waals surface area contributed by atoms with Crippen molar-refractivity contribution < 1.29 is 18.3 Å². The molecule has 0 saturated carbocycles. The number of aryl methyl sites for hydroxylation is 1. The van der Waals surface area contributed by atoms with Crippen LogP contribution in [0.3, 0.4) is 0 Å². The molecule has 0 saturated heterocycles. The van der Waals surface area contributed by atoms with E-state index in [1.54, 1.807) is 12.1 Å². The average molecular weight is 378 g/mol. The van der Waals surface area contributed by atoms with E-state index in [4.69, 9.17) is 11.6 Å². The van der Waals surface area contributed by atoms with Gasteiger partial charge in [0.25, 0.3) is 0 Å². The maximum absolute atomic E-state index is 13.0. The molecule has 25 heavy (non-hydrogen) atoms. The van der Waals surface area contributed by atoms with Crippen LogP contribution >= 0.6 is 11.6 Å². The van der Waals surface area contributed by atoms with E-state index in [0.717, 1.165) is 5.56 Å². The molecule has 0 amide bonds. The van der Waals surface area contributed by atoms with Crippen molar-refractivity contribution in [1.82, 2.24) is 4.31 Å². The topological polar surface area (TPSA) is 74.7 Å². The van der Waals surface area contributed by atoms with E-state index in [9.17, 15) is 18.3 Å². The highest BCUT2D eigenvalue weighted by Gasteiger charge is 2.40. The molecular formula is C18H16ClNO4S. The lowest BCUT2D eigenvalue weighted by Gasteiger charge is -2.26. The Morgan fingerprint density at radius 1 is 1.12 bits per heavy atom. The number of hydrogen-bond donors (Lipinski definition) is 1. The summed E-state index contributed by atoms with van der Waals surface area (Å²) in [5, 5.41) is 9.91. The van der Waals surface area contributed by atoms with Gasteiger partial charge in [-0.05, 0) is 36.8 Å². The quantitative estimate of drug-likeness (QED) is 0.886. The van der Waals surface area contributed by atoms with Crippen LogP contribution in [0.25, 0.3) is 0 Å². The summed E-state index contributed by atoms with van der Waals surface area (Å²) in [5.41, 5.74) is 1.69. The highest BCUT2D eigenvalue weighted by Crippen LogP contribution is 2.37. The lowest BCUT2D eigenvalue weighted by Crippen LogP contribution is -2.33. The summed E-state index contributed by atoms with van der Waals surface area (Å²) in [7, 11) is -3.87. The first-order valence-corrected chi connectivity index (χ1v) is 9.40. The van der Waals surface area contributed by atoms with Crippen molar-refractivity contribution in [2.24, 2.45) is 0 Å². The van der Waals surface area contributed by atoms with E-state index >= 15 is 0 Å². The van der Waals surface area contributed by atoms with E-state index in [1.807, 2.05) is 19.1 Å². The second kappa shape index (κ2) is 6.63. The first-order chi connectivity index (χ1) is 11.8. The SMILES string of the molecule is Cc1ccc(C2C(C(=O)O)=CCN2S(=O)(=O)c2ccc(Cl)cc2)cc1. The van der Waals surface area contributed by atoms with Crippen LogP contribution in [0.4, 0.5) is 0 Å². The Balaban J connectivity index is 2.06. The molecule has 3 rings (SSSR count). The van der Waals surface area contributed by atoms with E-state index in [-0.39, 0.29) is 17.0 Å². The van der Waals surface area contributed by atoms with E-state index < -0.39 is 22.0 Å². The third-order valence-corrected chi connectivity index (χ3v) is 6.23. The van der Waals surface area contributed by atoms with Crippen molar-refractivity contribution in [2.75, 3.05) is 6.54 Å². The lowest BCUT2D eigenvalue weighted by molar-refractivity contribution is -0.133. The normalized spacial score (nSPS) is 18.2. The fourth-order valence-corrected chi connectivity index (χ4v) is 4.50. The standard InChI is InChI=1S/C18H16ClNO4S/c1-12-2-4-13(5-3-12)17-16(18(21)22)10-11-20(17)25(23,24)15-8-6-14(19)7-9-15/h2-10,17H,11H2,1H3,(H,21,22). The third kappa shape index (κ3) is 3.33. The van der Waals surface area contributed by atoms with Gasteiger partial charge in [0.1, 0.15) is 0 Å². The van der Waals surface area contributed by atoms with Crippen molar-refractivity contribution in [3.8, 4) is 0 Å². The molecule has 0 fully saturated rings. The summed E-state index contributed by atoms with van der Waals surface area (Å²) in [6.45, 7) is 1.92. The van der Waals surface area contributed by atoms with Crippen LogP contribution in [0.1, 0.15) is 17.2 Å². The smallest absolute Gasteiger partial charge is 0.333 e. The molecule has 5 nitrogen and oxygen atoms in total. The molecule has 0 bridgehead atoms. The minimum absolute atomic E-state index is 0.00510. The van der Waals surface area contributed by atoms with Crippen molar-refractivity contribution >= 4 is 27.6 Å². The summed E-state index contributed by atoms with van der Waals surface area (Å²) >= 11 is 5.83. The highest BCUT2D eigenvalue weighted by atomic mass is 35.5. The van der Waals surface area contributed by atoms with Gasteiger partial charge in [-0.1, -0.05) is 47.5 Å². The van der Waals surface area contributed by atoms with Crippen molar-refractivity contribution in [3.05, 3.63) is 76.3 Å². The molecule has 1 aliphatic heterocycles. The molecule has 7 heteroatoms. The maximum Gasteiger partial charge on any atom is 0.333 e. The zero-order valence-electron chi connectivity index (χ0n) is 13.4. The fraction of sp³-hybridized carbons (Fsp3) is 0.167. The van der Waals surface area contributed by atoms with E-state index in [2.05, 4.69) is 0 Å². The van der Waals surface area contributed by atoms with Crippen molar-refractivity contribution in [2.45, 2.75) is 17.9 Å². The van der Waals surface area contributed by atoms with Gasteiger partial charge in [-0.15, -0.1) is 0 Å². The first kappa shape index (κ1) is 17.7. The van der Waals surface area contributed by atoms with Crippen LogP contribution in [0.2, 0.25) is 5.02 Å². The Bertz CT molecular complexity index is 934. The number of halogens is 1. The monoisotopic (exact) mass is 377 g/mol. The molecular weight excluding hydrogens is 362 g/mol. The van der Waals surface area contributed by atoms with Crippen LogP contribution < -0.4 is 0 Å². The van der Waals surface area contributed by atoms with Crippen LogP contribution in [0.5, 0.6) is 0 Å². The maximum atomic E-state index is 13.0. The molecule has 1 aliphatic rings. The fourth-order valence-electron chi connectivity index (χ4n) is 2.84. The molecule has 0 aliphatic carbocycles. The number of carboxylic acid groups (broad SMARTS) is 1. The van der Waals surface area contributed by atoms with Crippen LogP contribution in [-0.4, -0.2) is 30.3 Å². The van der Waals surface area contributed by atoms with E-state index in [0.29, 0.717) is 10.6 Å². The molecule has 0 aromatic heterocycles. The van der Waals surface area contributed by atoms with Gasteiger partial charge in [0.2, 0.25) is 10.0 Å². The van der Waals surface area contributed by atoms with Gasteiger partial charge >= 0.3 is 5.97 Å². The molecule has 0 radical (unpaired) electrons. The molecule has 2 aromatic rings. The summed E-state index contributed by atoms with van der Waals surface area (Å²) in [5.74, 6) is -1.13. The Morgan fingerprint density at radius 2 is 1.72 bits per heavy atom. The van der Waals surface area contributed by atoms with Crippen LogP contribution in [0.15, 0.2) is 65.1 Å². The molecule has 1 atom stereocenters. The number of nitrogens with zero attached hydrogens (tertiary/aromatic N) is 1. The Labute approximate surface area is 151 Å². The Morgan fingerprint density at radius 3 is 2.28 bits per heavy atom. The summed E-state index contributed by atoms with van der Waals surface area (Å²) in [6, 6.07) is 12.2. The number of aliphatic carboxylic acids is 1. The van der Waals surface area contributed by atoms with Crippen molar-refractivity contribution in [1.29, 1.82) is 0 Å². The predicted octanol–water partition coefficient (Wildman–Crippen LogP) is 3.41. The minimum Gasteiger partial charge on any atom is -0.478 e. The van der Waals surface area contributed by atoms with E-state index in [1.165, 1.54) is 34.6 Å². The molecule has 1 heterocycles. The van der Waals surface area contributed by atoms with Gasteiger partial charge < -0.3 is 5.11 Å². The molecule has 1 unspecified atom stereocenters. The number of carboxylic acids is 1. The van der Waals surface area contributed by atoms with Gasteiger partial charge in [-0.2, -0.15) is 4.31 Å². The predicted molar refractivity (Wildman–Crippen MR) is 95.0 cm³/mol. The van der Waals surface area contributed by atoms with Gasteiger partial charge in [0.05, 0.1) is 16.5 Å². The zero-order chi connectivity index (χ0) is 18.2. The van der Waals surface area contributed by atoms with Gasteiger partial charge in [-0.3, -0.25) is 0 Å². The molecule has 2 aromatic carbocycles. The van der Waals surface area contributed by atoms with Gasteiger partial charge in [0.15, 0.2) is 0 Å². The average Bonchev–Trinajstić information content (AvgIpc) is 3.02. The number of hydrogen-bond acceptors (Lipinski definition) is 3. The lowest BCUT2D eigenvalue weighted by atomic mass is 10.00. The molecule has 0 spiro atoms. The van der Waals surface area contributed by atoms with Crippen LogP contribution in [0, 0.1) is 6.92 Å². The third-order valence-electron chi connectivity index (χ3n) is 4.13. The summed E-state index contributed by atoms with van der Waals surface area (Å²) in [6.07, 6.45) is 1.44. The Hall–Kier alpha value is -2.15. The van der Waals surface area contributed by atoms with Gasteiger partial charge in [-0.25, -0.2) is 13.2 Å². The zero-order valence-corrected chi connectivity index (χ0v) is 15.0. The first-order valence-electron chi connectivity index (χ1n) is 7.58. The summed E-state index contributed by atoms with van der Waals surface area (Å²) in [4.78, 5) is 11.7. The second-order valence-electron chi connectivity index (χ2n) is 5.81. The van der Waals surface area contributed by atoms with Crippen molar-refractivity contribution in [3.63, 3.8) is 0 Å². The molecule has 130 valence electrons. The van der Waals surface area contributed by atoms with Crippen LogP contribution in [-0.2, 0) is 14.8 Å².